The summed E-state index contributed by atoms with van der Waals surface area (Å²) in [6.45, 7) is 4.10. The maximum absolute atomic E-state index is 14.0. The van der Waals surface area contributed by atoms with E-state index in [0.717, 1.165) is 49.1 Å². The maximum Gasteiger partial charge on any atom is 0.290 e. The van der Waals surface area contributed by atoms with Gasteiger partial charge in [-0.2, -0.15) is 4.98 Å². The molecule has 0 atom stereocenters. The van der Waals surface area contributed by atoms with E-state index in [1.54, 1.807) is 10.8 Å². The quantitative estimate of drug-likeness (QED) is 0.200. The minimum Gasteiger partial charge on any atom is -0.483 e. The molecule has 3 heterocycles. The lowest BCUT2D eigenvalue weighted by molar-refractivity contribution is -0.123. The molecule has 1 aromatic carbocycles. The number of aliphatic hydroxyl groups excluding tert-OH is 1. The van der Waals surface area contributed by atoms with E-state index in [1.165, 1.54) is 0 Å². The maximum atomic E-state index is 14.0. The second kappa shape index (κ2) is 16.9. The number of nitrogens with zero attached hydrogens (tertiary/aromatic N) is 5. The number of carbonyl (C=O) groups is 3. The molecule has 3 aromatic rings. The van der Waals surface area contributed by atoms with Crippen LogP contribution in [0.25, 0.3) is 21.8 Å². The van der Waals surface area contributed by atoms with Gasteiger partial charge in [-0.3, -0.25) is 28.6 Å². The Morgan fingerprint density at radius 3 is 2.09 bits per heavy atom. The molecule has 5 N–H and O–H groups in total. The number of rotatable bonds is 5. The van der Waals surface area contributed by atoms with Crippen LogP contribution < -0.4 is 10.9 Å². The van der Waals surface area contributed by atoms with E-state index < -0.39 is 5.92 Å². The third-order valence-electron chi connectivity index (χ3n) is 8.28. The lowest BCUT2D eigenvalue weighted by Gasteiger charge is -2.35. The van der Waals surface area contributed by atoms with Crippen LogP contribution in [0.4, 0.5) is 14.7 Å². The Labute approximate surface area is 263 Å². The number of likely N-dealkylation sites (N-methyl/N-ethyl adjacent to an activating group) is 1. The molecule has 0 radical (unpaired) electrons. The molecule has 14 nitrogen and oxygen atoms in total. The normalized spacial score (nSPS) is 21.2. The van der Waals surface area contributed by atoms with Crippen LogP contribution in [-0.4, -0.2) is 115 Å². The van der Waals surface area contributed by atoms with Gasteiger partial charge in [0.1, 0.15) is 5.65 Å². The average Bonchev–Trinajstić information content (AvgIpc) is 3.00. The lowest BCUT2D eigenvalue weighted by atomic mass is 9.88. The molecule has 0 unspecified atom stereocenters. The van der Waals surface area contributed by atoms with Gasteiger partial charge in [-0.05, 0) is 49.7 Å². The van der Waals surface area contributed by atoms with E-state index in [1.807, 2.05) is 12.1 Å². The van der Waals surface area contributed by atoms with E-state index in [9.17, 15) is 18.7 Å². The van der Waals surface area contributed by atoms with Crippen molar-refractivity contribution in [2.24, 2.45) is 0 Å². The molecule has 252 valence electrons. The van der Waals surface area contributed by atoms with Gasteiger partial charge < -0.3 is 30.6 Å². The Morgan fingerprint density at radius 2 is 1.52 bits per heavy atom. The van der Waals surface area contributed by atoms with E-state index in [4.69, 9.17) is 34.7 Å². The number of fused-ring (bicyclic) bond motifs is 3. The van der Waals surface area contributed by atoms with Crippen LogP contribution >= 0.6 is 0 Å². The fourth-order valence-corrected chi connectivity index (χ4v) is 6.01. The first-order chi connectivity index (χ1) is 22.0. The smallest absolute Gasteiger partial charge is 0.290 e. The largest absolute Gasteiger partial charge is 0.483 e. The molecule has 2 aromatic heterocycles. The molecule has 2 saturated carbocycles. The van der Waals surface area contributed by atoms with Crippen molar-refractivity contribution in [1.29, 1.82) is 0 Å². The highest BCUT2D eigenvalue weighted by molar-refractivity contribution is 6.04. The van der Waals surface area contributed by atoms with Crippen molar-refractivity contribution >= 4 is 47.2 Å². The highest BCUT2D eigenvalue weighted by atomic mass is 19.3. The van der Waals surface area contributed by atoms with Crippen molar-refractivity contribution in [2.75, 3.05) is 38.5 Å². The number of piperazine rings is 1. The lowest BCUT2D eigenvalue weighted by Crippen LogP contribution is -2.44. The third kappa shape index (κ3) is 9.37. The summed E-state index contributed by atoms with van der Waals surface area (Å²) in [7, 11) is 2.13. The minimum absolute atomic E-state index is 0.0835. The summed E-state index contributed by atoms with van der Waals surface area (Å²) < 4.78 is 28.5. The van der Waals surface area contributed by atoms with Crippen LogP contribution in [0.2, 0.25) is 0 Å². The SMILES string of the molecule is CN1CCN(Cc2ccc3c(c2)c(=O)n(C2CCC(O)CC2)c2nc(NC4CC(F)(F)C4)ncc32)CC1.O=CO.O=CO.O=CO. The summed E-state index contributed by atoms with van der Waals surface area (Å²) in [6, 6.07) is 5.60. The van der Waals surface area contributed by atoms with Gasteiger partial charge >= 0.3 is 0 Å². The summed E-state index contributed by atoms with van der Waals surface area (Å²) >= 11 is 0. The van der Waals surface area contributed by atoms with Gasteiger partial charge in [-0.15, -0.1) is 0 Å². The first-order valence-corrected chi connectivity index (χ1v) is 14.8. The van der Waals surface area contributed by atoms with E-state index in [0.29, 0.717) is 36.7 Å². The standard InChI is InChI=1S/C27H34F2N6O2.3CH2O2/c1-33-8-10-34(11-9-33)16-17-2-7-21-22(12-17)25(37)35(19-3-5-20(36)6-4-19)24-23(21)15-30-26(32-24)31-18-13-27(28,29)14-18;3*2-1-3/h2,7,12,15,18-20,36H,3-6,8-11,13-14,16H2,1H3,(H,30,31,32);3*1H,(H,2,3). The Balaban J connectivity index is 0.000000577. The zero-order valence-electron chi connectivity index (χ0n) is 25.5. The van der Waals surface area contributed by atoms with Crippen LogP contribution in [0.3, 0.4) is 0 Å². The second-order valence-corrected chi connectivity index (χ2v) is 11.4. The topological polar surface area (TPSA) is 198 Å². The fraction of sp³-hybridized carbons (Fsp3) is 0.533. The molecule has 3 fully saturated rings. The van der Waals surface area contributed by atoms with Gasteiger partial charge in [-0.25, -0.2) is 13.8 Å². The first-order valence-electron chi connectivity index (χ1n) is 14.8. The Hall–Kier alpha value is -4.28. The van der Waals surface area contributed by atoms with Gasteiger partial charge in [0.15, 0.2) is 0 Å². The number of carboxylic acid groups (broad SMARTS) is 3. The van der Waals surface area contributed by atoms with Gasteiger partial charge in [0.25, 0.3) is 30.9 Å². The number of hydrogen-bond donors (Lipinski definition) is 5. The molecule has 1 saturated heterocycles. The zero-order valence-corrected chi connectivity index (χ0v) is 25.5. The molecular formula is C30H40F2N6O8. The van der Waals surface area contributed by atoms with Crippen molar-refractivity contribution in [3.05, 3.63) is 40.3 Å². The summed E-state index contributed by atoms with van der Waals surface area (Å²) in [6.07, 6.45) is 3.51. The summed E-state index contributed by atoms with van der Waals surface area (Å²) in [5, 5.41) is 36.0. The summed E-state index contributed by atoms with van der Waals surface area (Å²) in [5.41, 5.74) is 1.53. The number of nitrogens with one attached hydrogen (secondary N) is 1. The van der Waals surface area contributed by atoms with Crippen molar-refractivity contribution in [1.82, 2.24) is 24.3 Å². The molecule has 6 rings (SSSR count). The monoisotopic (exact) mass is 650 g/mol. The van der Waals surface area contributed by atoms with Crippen LogP contribution in [0, 0.1) is 0 Å². The molecule has 0 spiro atoms. The Bertz CT molecular complexity index is 1500. The van der Waals surface area contributed by atoms with Crippen LogP contribution in [0.1, 0.15) is 50.1 Å². The van der Waals surface area contributed by atoms with Gasteiger partial charge in [0, 0.05) is 74.6 Å². The minimum atomic E-state index is -2.64. The summed E-state index contributed by atoms with van der Waals surface area (Å²) in [5.74, 6) is -2.37. The van der Waals surface area contributed by atoms with Crippen molar-refractivity contribution < 1.29 is 43.6 Å². The number of benzene rings is 1. The molecule has 0 bridgehead atoms. The number of hydrogen-bond acceptors (Lipinski definition) is 10. The van der Waals surface area contributed by atoms with Crippen molar-refractivity contribution in [2.45, 2.75) is 69.2 Å². The van der Waals surface area contributed by atoms with Crippen LogP contribution in [0.15, 0.2) is 29.2 Å². The van der Waals surface area contributed by atoms with Gasteiger partial charge in [0.2, 0.25) is 5.95 Å². The number of anilines is 1. The number of aromatic nitrogens is 3. The van der Waals surface area contributed by atoms with Gasteiger partial charge in [-0.1, -0.05) is 12.1 Å². The Kier molecular flexibility index (Phi) is 13.3. The molecule has 3 aliphatic rings. The molecule has 1 aliphatic heterocycles. The molecule has 16 heteroatoms. The molecular weight excluding hydrogens is 610 g/mol. The van der Waals surface area contributed by atoms with Gasteiger partial charge in [0.05, 0.1) is 6.10 Å². The van der Waals surface area contributed by atoms with E-state index in [2.05, 4.69) is 33.2 Å². The summed E-state index contributed by atoms with van der Waals surface area (Å²) in [4.78, 5) is 52.9. The second-order valence-electron chi connectivity index (χ2n) is 11.4. The molecule has 46 heavy (non-hydrogen) atoms. The fourth-order valence-electron chi connectivity index (χ4n) is 6.01. The molecule has 0 amide bonds. The highest BCUT2D eigenvalue weighted by Gasteiger charge is 2.45. The zero-order chi connectivity index (χ0) is 33.9. The van der Waals surface area contributed by atoms with E-state index >= 15 is 0 Å². The van der Waals surface area contributed by atoms with E-state index in [-0.39, 0.29) is 62.0 Å². The first kappa shape index (κ1) is 36.2. The Morgan fingerprint density at radius 1 is 0.935 bits per heavy atom. The van der Waals surface area contributed by atoms with Crippen molar-refractivity contribution in [3.8, 4) is 0 Å². The van der Waals surface area contributed by atoms with Crippen LogP contribution in [0.5, 0.6) is 0 Å². The predicted octanol–water partition coefficient (Wildman–Crippen LogP) is 2.48. The number of halogens is 2. The van der Waals surface area contributed by atoms with Crippen molar-refractivity contribution in [3.63, 3.8) is 0 Å². The molecule has 2 aliphatic carbocycles. The number of pyridine rings is 1. The number of aliphatic hydroxyl groups is 1. The highest BCUT2D eigenvalue weighted by Crippen LogP contribution is 2.39. The average molecular weight is 651 g/mol. The van der Waals surface area contributed by atoms with Crippen LogP contribution in [-0.2, 0) is 20.9 Å². The number of alkyl halides is 2. The predicted molar refractivity (Wildman–Crippen MR) is 165 cm³/mol. The third-order valence-corrected chi connectivity index (χ3v) is 8.28.